The topological polar surface area (TPSA) is 66.4 Å². The molecule has 0 aliphatic heterocycles. The summed E-state index contributed by atoms with van der Waals surface area (Å²) >= 11 is 0. The minimum atomic E-state index is -3.62. The average Bonchev–Trinajstić information content (AvgIpc) is 2.37. The molecule has 21 heavy (non-hydrogen) atoms. The molecule has 0 aromatic heterocycles. The monoisotopic (exact) mass is 309 g/mol. The van der Waals surface area contributed by atoms with Crippen LogP contribution in [-0.2, 0) is 22.4 Å². The fraction of sp³-hybridized carbons (Fsp3) is 0.200. The fourth-order valence-electron chi connectivity index (χ4n) is 1.97. The Bertz CT molecular complexity index is 707. The van der Waals surface area contributed by atoms with Crippen molar-refractivity contribution in [3.8, 4) is 0 Å². The van der Waals surface area contributed by atoms with Gasteiger partial charge in [-0.25, -0.2) is 12.8 Å². The van der Waals surface area contributed by atoms with Gasteiger partial charge in [0.1, 0.15) is 5.82 Å². The van der Waals surface area contributed by atoms with Crippen LogP contribution in [0.25, 0.3) is 0 Å². The molecule has 0 spiro atoms. The minimum Gasteiger partial charge on any atom is -0.392 e. The molecule has 0 atom stereocenters. The van der Waals surface area contributed by atoms with Crippen LogP contribution in [0.3, 0.4) is 0 Å². The Kier molecular flexibility index (Phi) is 4.59. The van der Waals surface area contributed by atoms with Crippen LogP contribution in [0.15, 0.2) is 42.5 Å². The Balaban J connectivity index is 2.14. The number of sulfonamides is 1. The zero-order valence-electron chi connectivity index (χ0n) is 11.5. The van der Waals surface area contributed by atoms with Crippen molar-refractivity contribution >= 4 is 15.7 Å². The molecule has 0 aliphatic rings. The molecule has 0 saturated carbocycles. The Morgan fingerprint density at radius 1 is 1.10 bits per heavy atom. The first-order chi connectivity index (χ1) is 9.88. The van der Waals surface area contributed by atoms with Crippen molar-refractivity contribution in [2.75, 3.05) is 4.72 Å². The third-order valence-electron chi connectivity index (χ3n) is 2.88. The molecular weight excluding hydrogens is 293 g/mol. The summed E-state index contributed by atoms with van der Waals surface area (Å²) in [4.78, 5) is 0. The fourth-order valence-corrected chi connectivity index (χ4v) is 3.15. The maximum Gasteiger partial charge on any atom is 0.236 e. The lowest BCUT2D eigenvalue weighted by molar-refractivity contribution is 0.282. The quantitative estimate of drug-likeness (QED) is 0.892. The summed E-state index contributed by atoms with van der Waals surface area (Å²) in [5.41, 5.74) is 2.15. The average molecular weight is 309 g/mol. The highest BCUT2D eigenvalue weighted by atomic mass is 32.2. The predicted octanol–water partition coefficient (Wildman–Crippen LogP) is 2.57. The molecule has 2 aromatic carbocycles. The van der Waals surface area contributed by atoms with Crippen LogP contribution in [0.2, 0.25) is 0 Å². The van der Waals surface area contributed by atoms with Gasteiger partial charge in [0.15, 0.2) is 0 Å². The van der Waals surface area contributed by atoms with Crippen molar-refractivity contribution in [2.45, 2.75) is 19.3 Å². The molecule has 0 radical (unpaired) electrons. The van der Waals surface area contributed by atoms with Crippen LogP contribution in [0, 0.1) is 12.7 Å². The number of rotatable bonds is 5. The number of aryl methyl sites for hydroxylation is 1. The summed E-state index contributed by atoms with van der Waals surface area (Å²) in [5.74, 6) is -0.700. The van der Waals surface area contributed by atoms with Gasteiger partial charge in [-0.05, 0) is 41.8 Å². The van der Waals surface area contributed by atoms with E-state index in [-0.39, 0.29) is 18.0 Å². The van der Waals surface area contributed by atoms with E-state index >= 15 is 0 Å². The van der Waals surface area contributed by atoms with Crippen molar-refractivity contribution in [1.29, 1.82) is 0 Å². The van der Waals surface area contributed by atoms with Gasteiger partial charge in [0.05, 0.1) is 18.0 Å². The summed E-state index contributed by atoms with van der Waals surface area (Å²) in [6.45, 7) is 1.60. The summed E-state index contributed by atoms with van der Waals surface area (Å²) in [6.07, 6.45) is 0. The van der Waals surface area contributed by atoms with E-state index in [0.717, 1.165) is 6.07 Å². The highest BCUT2D eigenvalue weighted by molar-refractivity contribution is 7.91. The van der Waals surface area contributed by atoms with Gasteiger partial charge >= 0.3 is 0 Å². The third kappa shape index (κ3) is 4.54. The molecule has 0 saturated heterocycles. The molecule has 2 aromatic rings. The van der Waals surface area contributed by atoms with Gasteiger partial charge in [-0.2, -0.15) is 0 Å². The van der Waals surface area contributed by atoms with Crippen molar-refractivity contribution in [3.05, 3.63) is 65.0 Å². The largest absolute Gasteiger partial charge is 0.392 e. The third-order valence-corrected chi connectivity index (χ3v) is 4.14. The molecule has 6 heteroatoms. The lowest BCUT2D eigenvalue weighted by atomic mass is 10.2. The van der Waals surface area contributed by atoms with Crippen LogP contribution in [0.1, 0.15) is 16.7 Å². The number of hydrogen-bond donors (Lipinski definition) is 2. The van der Waals surface area contributed by atoms with E-state index in [1.807, 2.05) is 0 Å². The summed E-state index contributed by atoms with van der Waals surface area (Å²) in [6, 6.07) is 10.6. The zero-order chi connectivity index (χ0) is 15.5. The molecule has 2 rings (SSSR count). The second-order valence-corrected chi connectivity index (χ2v) is 6.58. The van der Waals surface area contributed by atoms with E-state index in [2.05, 4.69) is 4.72 Å². The van der Waals surface area contributed by atoms with Gasteiger partial charge in [0, 0.05) is 0 Å². The molecular formula is C15H16FNO3S. The SMILES string of the molecule is Cc1cc(F)cc(NS(=O)(=O)Cc2ccc(CO)cc2)c1. The number of aliphatic hydroxyl groups is 1. The molecule has 0 amide bonds. The van der Waals surface area contributed by atoms with Crippen LogP contribution in [0.4, 0.5) is 10.1 Å². The first kappa shape index (κ1) is 15.5. The number of halogens is 1. The predicted molar refractivity (Wildman–Crippen MR) is 79.7 cm³/mol. The highest BCUT2D eigenvalue weighted by Gasteiger charge is 2.12. The molecule has 2 N–H and O–H groups in total. The van der Waals surface area contributed by atoms with Gasteiger partial charge in [0.25, 0.3) is 0 Å². The Morgan fingerprint density at radius 3 is 2.29 bits per heavy atom. The smallest absolute Gasteiger partial charge is 0.236 e. The number of nitrogens with one attached hydrogen (secondary N) is 1. The standard InChI is InChI=1S/C15H16FNO3S/c1-11-6-14(16)8-15(7-11)17-21(19,20)10-13-4-2-12(9-18)3-5-13/h2-8,17-18H,9-10H2,1H3. The number of aliphatic hydroxyl groups excluding tert-OH is 1. The molecule has 4 nitrogen and oxygen atoms in total. The van der Waals surface area contributed by atoms with Crippen LogP contribution in [0.5, 0.6) is 0 Å². The summed E-state index contributed by atoms with van der Waals surface area (Å²) in [5, 5.41) is 8.94. The molecule has 0 aliphatic carbocycles. The van der Waals surface area contributed by atoms with E-state index in [1.165, 1.54) is 6.07 Å². The minimum absolute atomic E-state index is 0.0894. The summed E-state index contributed by atoms with van der Waals surface area (Å²) < 4.78 is 39.7. The number of hydrogen-bond acceptors (Lipinski definition) is 3. The Labute approximate surface area is 123 Å². The molecule has 0 heterocycles. The van der Waals surface area contributed by atoms with Crippen LogP contribution in [-0.4, -0.2) is 13.5 Å². The van der Waals surface area contributed by atoms with E-state index in [9.17, 15) is 12.8 Å². The molecule has 0 unspecified atom stereocenters. The Hall–Kier alpha value is -1.92. The number of anilines is 1. The van der Waals surface area contributed by atoms with Crippen molar-refractivity contribution in [3.63, 3.8) is 0 Å². The lowest BCUT2D eigenvalue weighted by Gasteiger charge is -2.09. The molecule has 0 fully saturated rings. The normalized spacial score (nSPS) is 11.4. The summed E-state index contributed by atoms with van der Waals surface area (Å²) in [7, 11) is -3.62. The number of benzene rings is 2. The van der Waals surface area contributed by atoms with E-state index in [1.54, 1.807) is 37.3 Å². The van der Waals surface area contributed by atoms with Gasteiger partial charge < -0.3 is 5.11 Å². The van der Waals surface area contributed by atoms with E-state index in [0.29, 0.717) is 16.7 Å². The molecule has 0 bridgehead atoms. The second-order valence-electron chi connectivity index (χ2n) is 4.85. The maximum absolute atomic E-state index is 13.3. The lowest BCUT2D eigenvalue weighted by Crippen LogP contribution is -2.15. The van der Waals surface area contributed by atoms with Crippen molar-refractivity contribution < 1.29 is 17.9 Å². The second kappa shape index (κ2) is 6.24. The van der Waals surface area contributed by atoms with Gasteiger partial charge in [-0.3, -0.25) is 4.72 Å². The van der Waals surface area contributed by atoms with Crippen molar-refractivity contribution in [1.82, 2.24) is 0 Å². The maximum atomic E-state index is 13.3. The highest BCUT2D eigenvalue weighted by Crippen LogP contribution is 2.17. The van der Waals surface area contributed by atoms with Gasteiger partial charge in [-0.15, -0.1) is 0 Å². The van der Waals surface area contributed by atoms with Crippen molar-refractivity contribution in [2.24, 2.45) is 0 Å². The van der Waals surface area contributed by atoms with Gasteiger partial charge in [-0.1, -0.05) is 24.3 Å². The van der Waals surface area contributed by atoms with E-state index in [4.69, 9.17) is 5.11 Å². The zero-order valence-corrected chi connectivity index (χ0v) is 12.3. The molecule has 112 valence electrons. The first-order valence-corrected chi connectivity index (χ1v) is 7.99. The van der Waals surface area contributed by atoms with Gasteiger partial charge in [0.2, 0.25) is 10.0 Å². The Morgan fingerprint density at radius 2 is 1.71 bits per heavy atom. The van der Waals surface area contributed by atoms with Crippen LogP contribution >= 0.6 is 0 Å². The van der Waals surface area contributed by atoms with Crippen LogP contribution < -0.4 is 4.72 Å². The first-order valence-electron chi connectivity index (χ1n) is 6.34. The van der Waals surface area contributed by atoms with E-state index < -0.39 is 15.8 Å².